The van der Waals surface area contributed by atoms with Crippen LogP contribution in [0.25, 0.3) is 0 Å². The number of aliphatic hydroxyl groups is 1. The van der Waals surface area contributed by atoms with Gasteiger partial charge in [0.1, 0.15) is 5.75 Å². The van der Waals surface area contributed by atoms with Gasteiger partial charge in [0.05, 0.1) is 5.02 Å². The van der Waals surface area contributed by atoms with Crippen LogP contribution in [0.1, 0.15) is 24.8 Å². The van der Waals surface area contributed by atoms with Crippen molar-refractivity contribution < 1.29 is 10.2 Å². The van der Waals surface area contributed by atoms with Gasteiger partial charge in [-0.05, 0) is 31.2 Å². The predicted octanol–water partition coefficient (Wildman–Crippen LogP) is 2.30. The summed E-state index contributed by atoms with van der Waals surface area (Å²) in [6, 6.07) is 5.71. The van der Waals surface area contributed by atoms with Gasteiger partial charge in [0.15, 0.2) is 0 Å². The van der Waals surface area contributed by atoms with Crippen LogP contribution in [-0.2, 0) is 6.54 Å². The Hall–Kier alpha value is -0.770. The second kappa shape index (κ2) is 5.71. The van der Waals surface area contributed by atoms with E-state index in [2.05, 4.69) is 5.32 Å². The second-order valence-electron chi connectivity index (χ2n) is 4.58. The van der Waals surface area contributed by atoms with Crippen molar-refractivity contribution in [1.82, 2.24) is 5.32 Å². The van der Waals surface area contributed by atoms with Crippen molar-refractivity contribution in [3.8, 4) is 5.75 Å². The highest BCUT2D eigenvalue weighted by atomic mass is 35.5. The third-order valence-electron chi connectivity index (χ3n) is 3.26. The number of para-hydroxylation sites is 1. The zero-order chi connectivity index (χ0) is 12.3. The molecule has 0 radical (unpaired) electrons. The largest absolute Gasteiger partial charge is 0.506 e. The lowest BCUT2D eigenvalue weighted by atomic mass is 10.1. The normalized spacial score (nSPS) is 17.1. The van der Waals surface area contributed by atoms with E-state index in [0.717, 1.165) is 12.0 Å². The Labute approximate surface area is 106 Å². The van der Waals surface area contributed by atoms with Crippen LogP contribution in [0.3, 0.4) is 0 Å². The molecular formula is C13H18ClNO2. The fraction of sp³-hybridized carbons (Fsp3) is 0.538. The van der Waals surface area contributed by atoms with Gasteiger partial charge in [0.2, 0.25) is 0 Å². The third kappa shape index (κ3) is 3.35. The quantitative estimate of drug-likeness (QED) is 0.731. The lowest BCUT2D eigenvalue weighted by Gasteiger charge is -2.17. The summed E-state index contributed by atoms with van der Waals surface area (Å²) >= 11 is 5.85. The monoisotopic (exact) mass is 255 g/mol. The van der Waals surface area contributed by atoms with Gasteiger partial charge in [-0.25, -0.2) is 0 Å². The van der Waals surface area contributed by atoms with E-state index in [0.29, 0.717) is 23.5 Å². The number of hydrogen-bond acceptors (Lipinski definition) is 3. The maximum atomic E-state index is 9.77. The van der Waals surface area contributed by atoms with Crippen molar-refractivity contribution in [2.45, 2.75) is 31.8 Å². The smallest absolute Gasteiger partial charge is 0.138 e. The molecule has 1 saturated carbocycles. The average molecular weight is 256 g/mol. The summed E-state index contributed by atoms with van der Waals surface area (Å²) in [6.45, 7) is 0.795. The second-order valence-corrected chi connectivity index (χ2v) is 4.99. The summed E-state index contributed by atoms with van der Waals surface area (Å²) in [7, 11) is 0. The number of nitrogens with one attached hydrogen (secondary N) is 1. The summed E-state index contributed by atoms with van der Waals surface area (Å²) in [4.78, 5) is 0. The zero-order valence-corrected chi connectivity index (χ0v) is 10.5. The number of rotatable bonds is 6. The molecule has 0 bridgehead atoms. The van der Waals surface area contributed by atoms with E-state index in [9.17, 15) is 5.11 Å². The Morgan fingerprint density at radius 3 is 2.82 bits per heavy atom. The van der Waals surface area contributed by atoms with E-state index >= 15 is 0 Å². The molecule has 0 aromatic heterocycles. The van der Waals surface area contributed by atoms with Crippen molar-refractivity contribution in [1.29, 1.82) is 0 Å². The van der Waals surface area contributed by atoms with E-state index in [4.69, 9.17) is 16.7 Å². The third-order valence-corrected chi connectivity index (χ3v) is 3.56. The van der Waals surface area contributed by atoms with Crippen LogP contribution in [0.2, 0.25) is 5.02 Å². The summed E-state index contributed by atoms with van der Waals surface area (Å²) < 4.78 is 0. The first-order valence-electron chi connectivity index (χ1n) is 6.03. The van der Waals surface area contributed by atoms with Crippen molar-refractivity contribution >= 4 is 11.6 Å². The molecule has 1 aliphatic rings. The Morgan fingerprint density at radius 1 is 1.41 bits per heavy atom. The minimum Gasteiger partial charge on any atom is -0.506 e. The maximum absolute atomic E-state index is 9.77. The molecule has 1 atom stereocenters. The minimum atomic E-state index is 0.153. The molecule has 1 aromatic rings. The molecule has 1 fully saturated rings. The van der Waals surface area contributed by atoms with Gasteiger partial charge in [0.25, 0.3) is 0 Å². The van der Waals surface area contributed by atoms with E-state index in [1.165, 1.54) is 12.8 Å². The van der Waals surface area contributed by atoms with E-state index < -0.39 is 0 Å². The van der Waals surface area contributed by atoms with Crippen LogP contribution in [0, 0.1) is 5.92 Å². The molecule has 3 N–H and O–H groups in total. The molecule has 0 heterocycles. The van der Waals surface area contributed by atoms with Gasteiger partial charge in [-0.15, -0.1) is 0 Å². The predicted molar refractivity (Wildman–Crippen MR) is 68.2 cm³/mol. The Morgan fingerprint density at radius 2 is 2.18 bits per heavy atom. The number of benzene rings is 1. The maximum Gasteiger partial charge on any atom is 0.138 e. The zero-order valence-electron chi connectivity index (χ0n) is 9.69. The number of aromatic hydroxyl groups is 1. The van der Waals surface area contributed by atoms with Crippen LogP contribution >= 0.6 is 11.6 Å². The van der Waals surface area contributed by atoms with Gasteiger partial charge in [-0.2, -0.15) is 0 Å². The topological polar surface area (TPSA) is 52.5 Å². The fourth-order valence-electron chi connectivity index (χ4n) is 2.09. The van der Waals surface area contributed by atoms with Gasteiger partial charge in [-0.1, -0.05) is 23.7 Å². The van der Waals surface area contributed by atoms with E-state index in [-0.39, 0.29) is 12.4 Å². The molecule has 1 aromatic carbocycles. The van der Waals surface area contributed by atoms with Crippen molar-refractivity contribution in [2.24, 2.45) is 5.92 Å². The summed E-state index contributed by atoms with van der Waals surface area (Å²) in [5, 5.41) is 22.5. The average Bonchev–Trinajstić information content (AvgIpc) is 3.13. The van der Waals surface area contributed by atoms with E-state index in [1.54, 1.807) is 6.07 Å². The molecule has 0 saturated heterocycles. The number of aliphatic hydroxyl groups excluding tert-OH is 1. The fourth-order valence-corrected chi connectivity index (χ4v) is 2.28. The highest BCUT2D eigenvalue weighted by Crippen LogP contribution is 2.34. The number of phenols is 1. The number of hydrogen-bond donors (Lipinski definition) is 3. The van der Waals surface area contributed by atoms with Crippen LogP contribution in [0.5, 0.6) is 5.75 Å². The molecule has 1 aliphatic carbocycles. The first kappa shape index (κ1) is 12.7. The van der Waals surface area contributed by atoms with Gasteiger partial charge in [0, 0.05) is 24.8 Å². The lowest BCUT2D eigenvalue weighted by Crippen LogP contribution is -2.31. The number of halogens is 1. The summed E-state index contributed by atoms with van der Waals surface area (Å²) in [5.74, 6) is 0.837. The van der Waals surface area contributed by atoms with Crippen LogP contribution in [0.4, 0.5) is 0 Å². The Kier molecular flexibility index (Phi) is 4.26. The van der Waals surface area contributed by atoms with Gasteiger partial charge in [-0.3, -0.25) is 0 Å². The Balaban J connectivity index is 1.93. The number of phenolic OH excluding ortho intramolecular Hbond substituents is 1. The van der Waals surface area contributed by atoms with Crippen molar-refractivity contribution in [2.75, 3.05) is 6.61 Å². The standard InChI is InChI=1S/C13H18ClNO2/c14-11-3-1-2-10(13(11)17)8-15-12(6-7-16)9-4-5-9/h1-3,9,12,15-17H,4-8H2. The molecule has 2 rings (SSSR count). The first-order chi connectivity index (χ1) is 8.22. The minimum absolute atomic E-state index is 0.153. The SMILES string of the molecule is OCCC(NCc1cccc(Cl)c1O)C1CC1. The lowest BCUT2D eigenvalue weighted by molar-refractivity contribution is 0.255. The summed E-state index contributed by atoms with van der Waals surface area (Å²) in [5.41, 5.74) is 0.807. The van der Waals surface area contributed by atoms with Crippen molar-refractivity contribution in [3.63, 3.8) is 0 Å². The molecule has 0 spiro atoms. The first-order valence-corrected chi connectivity index (χ1v) is 6.40. The van der Waals surface area contributed by atoms with E-state index in [1.807, 2.05) is 12.1 Å². The van der Waals surface area contributed by atoms with Crippen LogP contribution in [0.15, 0.2) is 18.2 Å². The Bertz CT molecular complexity index is 380. The molecular weight excluding hydrogens is 238 g/mol. The van der Waals surface area contributed by atoms with Gasteiger partial charge < -0.3 is 15.5 Å². The highest BCUT2D eigenvalue weighted by molar-refractivity contribution is 6.32. The molecule has 17 heavy (non-hydrogen) atoms. The van der Waals surface area contributed by atoms with Crippen LogP contribution in [-0.4, -0.2) is 22.9 Å². The molecule has 94 valence electrons. The molecule has 0 aliphatic heterocycles. The molecule has 0 amide bonds. The molecule has 1 unspecified atom stereocenters. The van der Waals surface area contributed by atoms with Crippen molar-refractivity contribution in [3.05, 3.63) is 28.8 Å². The summed E-state index contributed by atoms with van der Waals surface area (Å²) in [6.07, 6.45) is 3.24. The molecule has 3 nitrogen and oxygen atoms in total. The highest BCUT2D eigenvalue weighted by Gasteiger charge is 2.30. The van der Waals surface area contributed by atoms with Gasteiger partial charge >= 0.3 is 0 Å². The van der Waals surface area contributed by atoms with Crippen LogP contribution < -0.4 is 5.32 Å². The molecule has 4 heteroatoms.